The third-order valence-electron chi connectivity index (χ3n) is 3.52. The average Bonchev–Trinajstić information content (AvgIpc) is 3.05. The molecule has 2 N–H and O–H groups in total. The van der Waals surface area contributed by atoms with Gasteiger partial charge in [0.05, 0.1) is 16.5 Å². The van der Waals surface area contributed by atoms with E-state index in [4.69, 9.17) is 11.6 Å². The molecule has 0 saturated carbocycles. The molecule has 0 fully saturated rings. The van der Waals surface area contributed by atoms with Crippen molar-refractivity contribution in [1.82, 2.24) is 15.2 Å². The standard InChI is InChI=1S/C18H17ClN4OS/c1-11-3-6-13(7-4-11)17-21-18(23-22-17)25-10-16(24)20-15-8-5-12(2)9-14(15)19/h3-9H,10H2,1-2H3,(H,20,24)(H,21,22,23). The van der Waals surface area contributed by atoms with Gasteiger partial charge in [-0.05, 0) is 31.5 Å². The van der Waals surface area contributed by atoms with E-state index < -0.39 is 0 Å². The fourth-order valence-electron chi connectivity index (χ4n) is 2.19. The van der Waals surface area contributed by atoms with E-state index in [2.05, 4.69) is 20.5 Å². The Morgan fingerprint density at radius 3 is 2.60 bits per heavy atom. The second kappa shape index (κ2) is 7.72. The van der Waals surface area contributed by atoms with Crippen molar-refractivity contribution in [2.45, 2.75) is 19.0 Å². The van der Waals surface area contributed by atoms with Crippen molar-refractivity contribution < 1.29 is 4.79 Å². The lowest BCUT2D eigenvalue weighted by Gasteiger charge is -2.06. The van der Waals surface area contributed by atoms with Crippen molar-refractivity contribution in [3.05, 3.63) is 58.6 Å². The van der Waals surface area contributed by atoms with Crippen LogP contribution in [0.15, 0.2) is 47.6 Å². The van der Waals surface area contributed by atoms with E-state index in [0.29, 0.717) is 21.7 Å². The number of carbonyl (C=O) groups excluding carboxylic acids is 1. The van der Waals surface area contributed by atoms with Gasteiger partial charge in [-0.2, -0.15) is 0 Å². The summed E-state index contributed by atoms with van der Waals surface area (Å²) in [5.41, 5.74) is 3.79. The summed E-state index contributed by atoms with van der Waals surface area (Å²) in [7, 11) is 0. The van der Waals surface area contributed by atoms with Crippen molar-refractivity contribution in [1.29, 1.82) is 0 Å². The van der Waals surface area contributed by atoms with Crippen LogP contribution in [0, 0.1) is 13.8 Å². The largest absolute Gasteiger partial charge is 0.324 e. The van der Waals surface area contributed by atoms with E-state index >= 15 is 0 Å². The van der Waals surface area contributed by atoms with E-state index in [1.54, 1.807) is 6.07 Å². The van der Waals surface area contributed by atoms with Gasteiger partial charge in [-0.15, -0.1) is 5.10 Å². The van der Waals surface area contributed by atoms with Crippen molar-refractivity contribution in [3.63, 3.8) is 0 Å². The van der Waals surface area contributed by atoms with Crippen molar-refractivity contribution in [3.8, 4) is 11.4 Å². The Balaban J connectivity index is 1.58. The van der Waals surface area contributed by atoms with Crippen LogP contribution in [-0.2, 0) is 4.79 Å². The number of halogens is 1. The van der Waals surface area contributed by atoms with Crippen molar-refractivity contribution >= 4 is 35.0 Å². The van der Waals surface area contributed by atoms with Crippen LogP contribution in [0.2, 0.25) is 5.02 Å². The Morgan fingerprint density at radius 2 is 1.88 bits per heavy atom. The number of rotatable bonds is 5. The fraction of sp³-hybridized carbons (Fsp3) is 0.167. The molecule has 3 aromatic rings. The molecular weight excluding hydrogens is 356 g/mol. The second-order valence-electron chi connectivity index (χ2n) is 5.65. The summed E-state index contributed by atoms with van der Waals surface area (Å²) in [5, 5.41) is 10.9. The van der Waals surface area contributed by atoms with E-state index in [-0.39, 0.29) is 11.7 Å². The number of hydrogen-bond acceptors (Lipinski definition) is 4. The molecular formula is C18H17ClN4OS. The van der Waals surface area contributed by atoms with Crippen LogP contribution in [0.25, 0.3) is 11.4 Å². The Hall–Kier alpha value is -2.31. The molecule has 7 heteroatoms. The minimum atomic E-state index is -0.155. The molecule has 128 valence electrons. The van der Waals surface area contributed by atoms with Crippen LogP contribution < -0.4 is 5.32 Å². The number of aromatic amines is 1. The number of H-pyrrole nitrogens is 1. The summed E-state index contributed by atoms with van der Waals surface area (Å²) in [5.74, 6) is 0.733. The molecule has 2 aromatic carbocycles. The fourth-order valence-corrected chi connectivity index (χ4v) is 3.07. The number of thioether (sulfide) groups is 1. The maximum absolute atomic E-state index is 12.1. The molecule has 1 heterocycles. The number of nitrogens with zero attached hydrogens (tertiary/aromatic N) is 2. The van der Waals surface area contributed by atoms with E-state index in [9.17, 15) is 4.79 Å². The lowest BCUT2D eigenvalue weighted by atomic mass is 10.1. The number of carbonyl (C=O) groups is 1. The predicted molar refractivity (Wildman–Crippen MR) is 102 cm³/mol. The zero-order chi connectivity index (χ0) is 17.8. The minimum absolute atomic E-state index is 0.155. The predicted octanol–water partition coefficient (Wildman–Crippen LogP) is 4.47. The summed E-state index contributed by atoms with van der Waals surface area (Å²) in [6, 6.07) is 13.5. The number of amides is 1. The topological polar surface area (TPSA) is 70.7 Å². The Bertz CT molecular complexity index is 892. The summed E-state index contributed by atoms with van der Waals surface area (Å²) in [6.07, 6.45) is 0. The minimum Gasteiger partial charge on any atom is -0.324 e. The monoisotopic (exact) mass is 372 g/mol. The van der Waals surface area contributed by atoms with Gasteiger partial charge in [0, 0.05) is 5.56 Å². The van der Waals surface area contributed by atoms with E-state index in [0.717, 1.165) is 11.1 Å². The summed E-state index contributed by atoms with van der Waals surface area (Å²) in [6.45, 7) is 3.98. The molecule has 1 amide bonds. The first-order valence-corrected chi connectivity index (χ1v) is 9.06. The van der Waals surface area contributed by atoms with Gasteiger partial charge >= 0.3 is 0 Å². The number of nitrogens with one attached hydrogen (secondary N) is 2. The third-order valence-corrected chi connectivity index (χ3v) is 4.68. The number of benzene rings is 2. The van der Waals surface area contributed by atoms with Gasteiger partial charge in [0.2, 0.25) is 11.1 Å². The molecule has 5 nitrogen and oxygen atoms in total. The molecule has 25 heavy (non-hydrogen) atoms. The molecule has 0 saturated heterocycles. The molecule has 0 atom stereocenters. The first-order chi connectivity index (χ1) is 12.0. The molecule has 1 aromatic heterocycles. The van der Waals surface area contributed by atoms with Gasteiger partial charge in [-0.25, -0.2) is 4.98 Å². The van der Waals surface area contributed by atoms with Crippen LogP contribution in [0.3, 0.4) is 0 Å². The SMILES string of the molecule is Cc1ccc(-c2nc(SCC(=O)Nc3ccc(C)cc3Cl)n[nH]2)cc1. The van der Waals surface area contributed by atoms with Gasteiger partial charge in [0.25, 0.3) is 0 Å². The highest BCUT2D eigenvalue weighted by atomic mass is 35.5. The first kappa shape index (κ1) is 17.5. The molecule has 0 spiro atoms. The quantitative estimate of drug-likeness (QED) is 0.648. The molecule has 3 rings (SSSR count). The first-order valence-electron chi connectivity index (χ1n) is 7.69. The molecule has 0 radical (unpaired) electrons. The van der Waals surface area contributed by atoms with Crippen molar-refractivity contribution in [2.24, 2.45) is 0 Å². The second-order valence-corrected chi connectivity index (χ2v) is 7.00. The highest BCUT2D eigenvalue weighted by Gasteiger charge is 2.10. The van der Waals surface area contributed by atoms with Gasteiger partial charge in [0.1, 0.15) is 0 Å². The molecule has 0 bridgehead atoms. The van der Waals surface area contributed by atoms with Crippen molar-refractivity contribution in [2.75, 3.05) is 11.1 Å². The number of aryl methyl sites for hydroxylation is 2. The molecule has 0 unspecified atom stereocenters. The average molecular weight is 373 g/mol. The smallest absolute Gasteiger partial charge is 0.234 e. The Morgan fingerprint density at radius 1 is 1.16 bits per heavy atom. The summed E-state index contributed by atoms with van der Waals surface area (Å²) < 4.78 is 0. The number of aromatic nitrogens is 3. The van der Waals surface area contributed by atoms with Crippen LogP contribution in [0.1, 0.15) is 11.1 Å². The number of hydrogen-bond donors (Lipinski definition) is 2. The maximum atomic E-state index is 12.1. The van der Waals surface area contributed by atoms with Gasteiger partial charge < -0.3 is 5.32 Å². The normalized spacial score (nSPS) is 10.7. The lowest BCUT2D eigenvalue weighted by Crippen LogP contribution is -2.14. The summed E-state index contributed by atoms with van der Waals surface area (Å²) in [4.78, 5) is 16.5. The Labute approximate surface area is 155 Å². The van der Waals surface area contributed by atoms with Crippen LogP contribution in [0.4, 0.5) is 5.69 Å². The van der Waals surface area contributed by atoms with Crippen LogP contribution in [0.5, 0.6) is 0 Å². The zero-order valence-electron chi connectivity index (χ0n) is 13.8. The third kappa shape index (κ3) is 4.61. The van der Waals surface area contributed by atoms with Gasteiger partial charge in [0.15, 0.2) is 5.82 Å². The molecule has 0 aliphatic rings. The highest BCUT2D eigenvalue weighted by Crippen LogP contribution is 2.24. The summed E-state index contributed by atoms with van der Waals surface area (Å²) >= 11 is 7.39. The zero-order valence-corrected chi connectivity index (χ0v) is 15.4. The van der Waals surface area contributed by atoms with Gasteiger partial charge in [-0.1, -0.05) is 59.3 Å². The van der Waals surface area contributed by atoms with E-state index in [1.807, 2.05) is 50.2 Å². The highest BCUT2D eigenvalue weighted by molar-refractivity contribution is 7.99. The van der Waals surface area contributed by atoms with Gasteiger partial charge in [-0.3, -0.25) is 9.89 Å². The maximum Gasteiger partial charge on any atom is 0.234 e. The van der Waals surface area contributed by atoms with Crippen LogP contribution >= 0.6 is 23.4 Å². The Kier molecular flexibility index (Phi) is 5.40. The lowest BCUT2D eigenvalue weighted by molar-refractivity contribution is -0.113. The number of anilines is 1. The van der Waals surface area contributed by atoms with E-state index in [1.165, 1.54) is 17.3 Å². The molecule has 0 aliphatic heterocycles. The molecule has 0 aliphatic carbocycles. The van der Waals surface area contributed by atoms with Crippen LogP contribution in [-0.4, -0.2) is 26.8 Å².